The summed E-state index contributed by atoms with van der Waals surface area (Å²) < 4.78 is 24.0. The maximum atomic E-state index is 13.4. The zero-order valence-electron chi connectivity index (χ0n) is 11.1. The molecule has 1 aliphatic rings. The van der Waals surface area contributed by atoms with E-state index in [1.54, 1.807) is 23.1 Å². The molecule has 1 aromatic rings. The van der Waals surface area contributed by atoms with Gasteiger partial charge in [-0.15, -0.1) is 0 Å². The topological polar surface area (TPSA) is 38.8 Å². The minimum Gasteiger partial charge on any atom is -0.484 e. The number of carbonyl (C=O) groups is 1. The number of para-hydroxylation sites is 1. The number of halogens is 1. The Morgan fingerprint density at radius 3 is 2.74 bits per heavy atom. The third-order valence-corrected chi connectivity index (χ3v) is 3.22. The van der Waals surface area contributed by atoms with Crippen molar-refractivity contribution in [3.63, 3.8) is 0 Å². The van der Waals surface area contributed by atoms with Crippen molar-refractivity contribution in [1.29, 1.82) is 0 Å². The van der Waals surface area contributed by atoms with Crippen molar-refractivity contribution in [3.8, 4) is 5.75 Å². The second-order valence-corrected chi connectivity index (χ2v) is 4.55. The highest BCUT2D eigenvalue weighted by molar-refractivity contribution is 5.81. The van der Waals surface area contributed by atoms with Crippen molar-refractivity contribution >= 4 is 5.91 Å². The van der Waals surface area contributed by atoms with Crippen LogP contribution in [-0.4, -0.2) is 43.2 Å². The number of benzene rings is 1. The number of methoxy groups -OCH3 is 1. The Labute approximate surface area is 112 Å². The van der Waals surface area contributed by atoms with Gasteiger partial charge in [0.1, 0.15) is 12.2 Å². The van der Waals surface area contributed by atoms with Crippen LogP contribution in [-0.2, 0) is 9.53 Å². The van der Waals surface area contributed by atoms with E-state index in [1.165, 1.54) is 13.2 Å². The number of likely N-dealkylation sites (tertiary alicyclic amines) is 1. The number of hydrogen-bond donors (Lipinski definition) is 0. The lowest BCUT2D eigenvalue weighted by molar-refractivity contribution is -0.151. The summed E-state index contributed by atoms with van der Waals surface area (Å²) in [5.74, 6) is -0.174. The van der Waals surface area contributed by atoms with Gasteiger partial charge in [-0.05, 0) is 18.6 Å². The standard InChI is InChI=1S/C14H18FNO3/c1-3-12(18-2)14(17)16-8-10(9-16)19-13-7-5-4-6-11(13)15/h4-7,10,12H,3,8-9H2,1-2H3/t12-/m1/s1. The van der Waals surface area contributed by atoms with Crippen LogP contribution in [0.1, 0.15) is 13.3 Å². The van der Waals surface area contributed by atoms with Crippen LogP contribution in [0.25, 0.3) is 0 Å². The Kier molecular flexibility index (Phi) is 4.37. The Hall–Kier alpha value is -1.62. The van der Waals surface area contributed by atoms with Crippen LogP contribution in [0.3, 0.4) is 0 Å². The van der Waals surface area contributed by atoms with Gasteiger partial charge in [-0.2, -0.15) is 0 Å². The highest BCUT2D eigenvalue weighted by Crippen LogP contribution is 2.22. The Bertz CT molecular complexity index is 442. The van der Waals surface area contributed by atoms with Crippen molar-refractivity contribution < 1.29 is 18.7 Å². The molecule has 19 heavy (non-hydrogen) atoms. The number of rotatable bonds is 5. The van der Waals surface area contributed by atoms with E-state index in [9.17, 15) is 9.18 Å². The maximum absolute atomic E-state index is 13.4. The number of nitrogens with zero attached hydrogens (tertiary/aromatic N) is 1. The molecule has 1 saturated heterocycles. The molecule has 0 saturated carbocycles. The summed E-state index contributed by atoms with van der Waals surface area (Å²) in [6.45, 7) is 2.86. The minimum atomic E-state index is -0.394. The third kappa shape index (κ3) is 3.04. The summed E-state index contributed by atoms with van der Waals surface area (Å²) in [6, 6.07) is 6.28. The zero-order chi connectivity index (χ0) is 13.8. The fourth-order valence-corrected chi connectivity index (χ4v) is 2.06. The third-order valence-electron chi connectivity index (χ3n) is 3.22. The maximum Gasteiger partial charge on any atom is 0.251 e. The van der Waals surface area contributed by atoms with Crippen molar-refractivity contribution in [3.05, 3.63) is 30.1 Å². The molecule has 0 radical (unpaired) electrons. The quantitative estimate of drug-likeness (QED) is 0.817. The molecule has 0 aliphatic carbocycles. The normalized spacial score (nSPS) is 16.9. The van der Waals surface area contributed by atoms with E-state index < -0.39 is 6.10 Å². The number of ether oxygens (including phenoxy) is 2. The molecule has 0 unspecified atom stereocenters. The van der Waals surface area contributed by atoms with Crippen LogP contribution in [0.5, 0.6) is 5.75 Å². The second kappa shape index (κ2) is 6.02. The molecule has 0 N–H and O–H groups in total. The summed E-state index contributed by atoms with van der Waals surface area (Å²) in [5.41, 5.74) is 0. The molecule has 4 nitrogen and oxygen atoms in total. The van der Waals surface area contributed by atoms with Crippen LogP contribution in [0.2, 0.25) is 0 Å². The SMILES string of the molecule is CC[C@@H](OC)C(=O)N1CC(Oc2ccccc2F)C1. The van der Waals surface area contributed by atoms with Gasteiger partial charge in [-0.1, -0.05) is 19.1 Å². The van der Waals surface area contributed by atoms with E-state index in [1.807, 2.05) is 6.92 Å². The lowest BCUT2D eigenvalue weighted by Gasteiger charge is -2.40. The van der Waals surface area contributed by atoms with Gasteiger partial charge in [0.2, 0.25) is 0 Å². The monoisotopic (exact) mass is 267 g/mol. The van der Waals surface area contributed by atoms with Gasteiger partial charge in [0, 0.05) is 7.11 Å². The van der Waals surface area contributed by atoms with E-state index in [4.69, 9.17) is 9.47 Å². The van der Waals surface area contributed by atoms with Crippen LogP contribution in [0.4, 0.5) is 4.39 Å². The highest BCUT2D eigenvalue weighted by atomic mass is 19.1. The van der Waals surface area contributed by atoms with Gasteiger partial charge in [0.15, 0.2) is 11.6 Å². The predicted octanol–water partition coefficient (Wildman–Crippen LogP) is 1.84. The first-order chi connectivity index (χ1) is 9.15. The number of amides is 1. The first-order valence-corrected chi connectivity index (χ1v) is 6.38. The van der Waals surface area contributed by atoms with Crippen LogP contribution >= 0.6 is 0 Å². The molecule has 5 heteroatoms. The fraction of sp³-hybridized carbons (Fsp3) is 0.500. The molecule has 1 aromatic carbocycles. The molecular formula is C14H18FNO3. The van der Waals surface area contributed by atoms with Crippen molar-refractivity contribution in [2.24, 2.45) is 0 Å². The summed E-state index contributed by atoms with van der Waals surface area (Å²) >= 11 is 0. The summed E-state index contributed by atoms with van der Waals surface area (Å²) in [4.78, 5) is 13.6. The average molecular weight is 267 g/mol. The van der Waals surface area contributed by atoms with Gasteiger partial charge in [-0.3, -0.25) is 4.79 Å². The summed E-state index contributed by atoms with van der Waals surface area (Å²) in [6.07, 6.45) is 0.106. The first kappa shape index (κ1) is 13.8. The Morgan fingerprint density at radius 2 is 2.16 bits per heavy atom. The smallest absolute Gasteiger partial charge is 0.251 e. The van der Waals surface area contributed by atoms with Crippen molar-refractivity contribution in [1.82, 2.24) is 4.90 Å². The fourth-order valence-electron chi connectivity index (χ4n) is 2.06. The second-order valence-electron chi connectivity index (χ2n) is 4.55. The van der Waals surface area contributed by atoms with Gasteiger partial charge in [-0.25, -0.2) is 4.39 Å². The van der Waals surface area contributed by atoms with Crippen molar-refractivity contribution in [2.75, 3.05) is 20.2 Å². The van der Waals surface area contributed by atoms with Gasteiger partial charge in [0.05, 0.1) is 13.1 Å². The van der Waals surface area contributed by atoms with Crippen LogP contribution in [0.15, 0.2) is 24.3 Å². The lowest BCUT2D eigenvalue weighted by atomic mass is 10.1. The molecule has 1 aliphatic heterocycles. The zero-order valence-corrected chi connectivity index (χ0v) is 11.1. The molecule has 0 spiro atoms. The molecule has 104 valence electrons. The van der Waals surface area contributed by atoms with E-state index in [2.05, 4.69) is 0 Å². The molecule has 0 aromatic heterocycles. The van der Waals surface area contributed by atoms with Gasteiger partial charge in [0.25, 0.3) is 5.91 Å². The summed E-state index contributed by atoms with van der Waals surface area (Å²) in [7, 11) is 1.53. The lowest BCUT2D eigenvalue weighted by Crippen LogP contribution is -2.58. The van der Waals surface area contributed by atoms with Crippen LogP contribution in [0, 0.1) is 5.82 Å². The first-order valence-electron chi connectivity index (χ1n) is 6.38. The largest absolute Gasteiger partial charge is 0.484 e. The van der Waals surface area contributed by atoms with Crippen LogP contribution < -0.4 is 4.74 Å². The molecular weight excluding hydrogens is 249 g/mol. The van der Waals surface area contributed by atoms with E-state index in [0.717, 1.165) is 0 Å². The van der Waals surface area contributed by atoms with Gasteiger partial charge >= 0.3 is 0 Å². The van der Waals surface area contributed by atoms with E-state index in [-0.39, 0.29) is 23.6 Å². The summed E-state index contributed by atoms with van der Waals surface area (Å²) in [5, 5.41) is 0. The molecule has 1 amide bonds. The van der Waals surface area contributed by atoms with Crippen molar-refractivity contribution in [2.45, 2.75) is 25.6 Å². The average Bonchev–Trinajstić information content (AvgIpc) is 2.36. The molecule has 1 atom stereocenters. The number of carbonyl (C=O) groups excluding carboxylic acids is 1. The number of hydrogen-bond acceptors (Lipinski definition) is 3. The predicted molar refractivity (Wildman–Crippen MR) is 68.5 cm³/mol. The molecule has 1 fully saturated rings. The van der Waals surface area contributed by atoms with E-state index >= 15 is 0 Å². The van der Waals surface area contributed by atoms with Gasteiger partial charge < -0.3 is 14.4 Å². The molecule has 0 bridgehead atoms. The molecule has 2 rings (SSSR count). The molecule has 1 heterocycles. The Balaban J connectivity index is 1.84. The Morgan fingerprint density at radius 1 is 1.47 bits per heavy atom. The highest BCUT2D eigenvalue weighted by Gasteiger charge is 2.35. The minimum absolute atomic E-state index is 0.0293. The van der Waals surface area contributed by atoms with E-state index in [0.29, 0.717) is 19.5 Å².